The highest BCUT2D eigenvalue weighted by Crippen LogP contribution is 2.43. The van der Waals surface area contributed by atoms with Crippen molar-refractivity contribution >= 4 is 126 Å². The van der Waals surface area contributed by atoms with Crippen LogP contribution in [0.4, 0.5) is 0 Å². The van der Waals surface area contributed by atoms with Crippen LogP contribution in [0.25, 0.3) is 0 Å². The monoisotopic (exact) mass is 1390 g/mol. The van der Waals surface area contributed by atoms with E-state index in [1.165, 1.54) is 0 Å². The first-order valence-corrected chi connectivity index (χ1v) is 29.3. The fraction of sp³-hybridized carbons (Fsp3) is 0.592. The number of carbonyl (C=O) groups is 20. The van der Waals surface area contributed by atoms with Gasteiger partial charge in [-0.25, -0.2) is 4.57 Å². The lowest BCUT2D eigenvalue weighted by Gasteiger charge is -2.22. The van der Waals surface area contributed by atoms with Crippen LogP contribution in [0.2, 0.25) is 0 Å². The molecule has 46 heteroatoms. The van der Waals surface area contributed by atoms with Gasteiger partial charge in [0.2, 0.25) is 82.7 Å². The molecule has 0 spiro atoms. The first kappa shape index (κ1) is 84.5. The van der Waals surface area contributed by atoms with E-state index in [9.17, 15) is 121 Å². The molecule has 2 unspecified atom stereocenters. The number of hydrogen-bond donors (Lipinski definition) is 16. The number of amides is 14. The van der Waals surface area contributed by atoms with Gasteiger partial charge in [-0.05, 0) is 12.8 Å². The Morgan fingerprint density at radius 3 is 1.01 bits per heavy atom. The van der Waals surface area contributed by atoms with Crippen molar-refractivity contribution in [2.75, 3.05) is 144 Å². The normalized spacial score (nSPS) is 11.3. The van der Waals surface area contributed by atoms with Crippen LogP contribution in [0.5, 0.6) is 0 Å². The Hall–Kier alpha value is -10.5. The Labute approximate surface area is 537 Å². The lowest BCUT2D eigenvalue weighted by atomic mass is 10.2. The average molecular weight is 1390 g/mol. The highest BCUT2D eigenvalue weighted by atomic mass is 31.2. The number of carboxylic acid groups (broad SMARTS) is 4. The number of hydrogen-bond acceptors (Lipinski definition) is 26. The third-order valence-corrected chi connectivity index (χ3v) is 12.0. The van der Waals surface area contributed by atoms with Crippen LogP contribution < -0.4 is 58.9 Å². The summed E-state index contributed by atoms with van der Waals surface area (Å²) >= 11 is 0. The van der Waals surface area contributed by atoms with Crippen LogP contribution in [-0.4, -0.2) is 314 Å². The molecular weight excluding hydrogens is 1310 g/mol. The molecule has 0 radical (unpaired) electrons. The third-order valence-electron chi connectivity index (χ3n) is 11.1. The van der Waals surface area contributed by atoms with E-state index in [0.717, 1.165) is 13.8 Å². The molecule has 0 saturated heterocycles. The van der Waals surface area contributed by atoms with Gasteiger partial charge in [0.25, 0.3) is 0 Å². The Balaban J connectivity index is 4.88. The minimum atomic E-state index is -4.69. The number of carbonyl (C=O) groups excluding carboxylic acids is 16. The third kappa shape index (κ3) is 44.6. The van der Waals surface area contributed by atoms with E-state index < -0.39 is 270 Å². The fourth-order valence-corrected chi connectivity index (χ4v) is 7.47. The lowest BCUT2D eigenvalue weighted by molar-refractivity contribution is -0.158. The predicted octanol–water partition coefficient (Wildman–Crippen LogP) is -12.1. The van der Waals surface area contributed by atoms with Crippen LogP contribution in [-0.2, 0) is 119 Å². The molecule has 45 nitrogen and oxygen atoms in total. The van der Waals surface area contributed by atoms with Gasteiger partial charge in [0.15, 0.2) is 6.10 Å². The van der Waals surface area contributed by atoms with E-state index in [4.69, 9.17) is 29.4 Å². The highest BCUT2D eigenvalue weighted by Gasteiger charge is 2.28. The van der Waals surface area contributed by atoms with Crippen molar-refractivity contribution in [3.05, 3.63) is 0 Å². The maximum absolute atomic E-state index is 12.9. The van der Waals surface area contributed by atoms with E-state index in [1.807, 2.05) is 0 Å². The Morgan fingerprint density at radius 1 is 0.379 bits per heavy atom. The smallest absolute Gasteiger partial charge is 0.472 e. The van der Waals surface area contributed by atoms with E-state index in [2.05, 4.69) is 53.2 Å². The molecule has 0 aliphatic heterocycles. The number of carboxylic acids is 4. The van der Waals surface area contributed by atoms with Gasteiger partial charge < -0.3 is 113 Å². The molecule has 0 aromatic heterocycles. The fourth-order valence-electron chi connectivity index (χ4n) is 6.72. The van der Waals surface area contributed by atoms with E-state index >= 15 is 0 Å². The number of ether oxygens (including phenoxy) is 2. The van der Waals surface area contributed by atoms with Gasteiger partial charge in [-0.2, -0.15) is 0 Å². The maximum Gasteiger partial charge on any atom is 0.472 e. The largest absolute Gasteiger partial charge is 0.480 e. The first-order chi connectivity index (χ1) is 44.5. The first-order valence-electron chi connectivity index (χ1n) is 27.8. The van der Waals surface area contributed by atoms with Crippen LogP contribution in [0, 0.1) is 0 Å². The summed E-state index contributed by atoms with van der Waals surface area (Å²) in [4.78, 5) is 253. The molecule has 17 N–H and O–H groups in total. The summed E-state index contributed by atoms with van der Waals surface area (Å²) in [7, 11) is -4.69. The minimum absolute atomic E-state index is 0.0899. The number of phosphoric acid groups is 1. The molecule has 0 heterocycles. The molecule has 0 aliphatic carbocycles. The second-order valence-corrected chi connectivity index (χ2v) is 20.6. The number of nitrogens with zero attached hydrogens (tertiary/aromatic N) is 4. The van der Waals surface area contributed by atoms with Crippen molar-refractivity contribution < 1.29 is 144 Å². The SMILES string of the molecule is CC(=O)OCC(COP(=O)(O)OCCNC(=O)CCCCC(=O)NCC(=O)NCC(=O)N(CC(=O)O)CC(=O)NCC(=O)NCC(=O)N(CC(=O)O)CC(=O)NCCNC(=O)CN(CC(=O)O)C(=O)CNC(=O)CNC(=O)CN(CC(=O)O)C(=O)CNC(=O)CN)OC(C)=O. The lowest BCUT2D eigenvalue weighted by Crippen LogP contribution is -2.50. The van der Waals surface area contributed by atoms with Gasteiger partial charge >= 0.3 is 43.6 Å². The van der Waals surface area contributed by atoms with Crippen molar-refractivity contribution in [1.82, 2.24) is 72.8 Å². The zero-order chi connectivity index (χ0) is 72.2. The molecule has 0 aromatic rings. The maximum atomic E-state index is 12.9. The molecule has 0 bridgehead atoms. The average Bonchev–Trinajstić information content (AvgIpc) is 1.77. The molecule has 0 aromatic carbocycles. The number of phosphoric ester groups is 1. The van der Waals surface area contributed by atoms with Crippen LogP contribution in [0.3, 0.4) is 0 Å². The molecule has 532 valence electrons. The Kier molecular flexibility index (Phi) is 41.4. The van der Waals surface area contributed by atoms with Gasteiger partial charge in [-0.1, -0.05) is 0 Å². The summed E-state index contributed by atoms with van der Waals surface area (Å²) in [6, 6.07) is 0. The standard InChI is InChI=1S/C49H76N15O30P/c1-29(65)91-27-31(94-30(2)66)28-93-95(89,90)92-10-9-53-32(67)5-3-4-6-33(68)54-12-35(70)58-18-45(80)64(26-49(87)88)22-41(76)56-14-37(72)60-17-44(79)62(24-47(83)84)20-39(74)52-8-7-51-38(73)19-61(23-46(81)82)43(78)16-59-36(71)13-55-40(75)21-63(25-48(85)86)42(77)15-57-34(69)11-50/h31H,3-28,50H2,1-2H3,(H,51,73)(H,52,74)(H,53,67)(H,54,68)(H,55,75)(H,56,76)(H,57,69)(H,58,70)(H,59,71)(H,60,72)(H,81,82)(H,83,84)(H,85,86)(H,87,88)(H,89,90). The minimum Gasteiger partial charge on any atom is -0.480 e. The van der Waals surface area contributed by atoms with Crippen molar-refractivity contribution in [2.24, 2.45) is 5.73 Å². The second kappa shape index (κ2) is 46.5. The number of nitrogens with two attached hydrogens (primary N) is 1. The topological polar surface area (TPSA) is 656 Å². The molecule has 0 rings (SSSR count). The quantitative estimate of drug-likeness (QED) is 0.0153. The molecule has 2 atom stereocenters. The Bertz CT molecular complexity index is 2840. The summed E-state index contributed by atoms with van der Waals surface area (Å²) in [6.07, 6.45) is -1.12. The summed E-state index contributed by atoms with van der Waals surface area (Å²) in [5, 5.41) is 58.6. The van der Waals surface area contributed by atoms with Crippen molar-refractivity contribution in [1.29, 1.82) is 0 Å². The zero-order valence-electron chi connectivity index (χ0n) is 51.2. The van der Waals surface area contributed by atoms with Crippen molar-refractivity contribution in [3.63, 3.8) is 0 Å². The molecule has 0 saturated carbocycles. The van der Waals surface area contributed by atoms with Crippen LogP contribution in [0.15, 0.2) is 0 Å². The molecule has 14 amide bonds. The molecule has 0 fully saturated rings. The van der Waals surface area contributed by atoms with Gasteiger partial charge in [0, 0.05) is 46.3 Å². The number of nitrogens with one attached hydrogen (secondary N) is 10. The number of unbranched alkanes of at least 4 members (excludes halogenated alkanes) is 1. The molecule has 0 aliphatic rings. The van der Waals surface area contributed by atoms with Crippen molar-refractivity contribution in [3.8, 4) is 0 Å². The van der Waals surface area contributed by atoms with E-state index in [0.29, 0.717) is 19.6 Å². The zero-order valence-corrected chi connectivity index (χ0v) is 52.1. The molecular formula is C49H76N15O30P. The summed E-state index contributed by atoms with van der Waals surface area (Å²) < 4.78 is 31.1. The Morgan fingerprint density at radius 2 is 0.684 bits per heavy atom. The highest BCUT2D eigenvalue weighted by molar-refractivity contribution is 7.47. The number of rotatable bonds is 49. The van der Waals surface area contributed by atoms with E-state index in [1.54, 1.807) is 0 Å². The molecule has 95 heavy (non-hydrogen) atoms. The summed E-state index contributed by atoms with van der Waals surface area (Å²) in [6.45, 7) is -14.6. The predicted molar refractivity (Wildman–Crippen MR) is 308 cm³/mol. The second-order valence-electron chi connectivity index (χ2n) is 19.1. The van der Waals surface area contributed by atoms with Gasteiger partial charge in [0.05, 0.1) is 65.6 Å². The van der Waals surface area contributed by atoms with Gasteiger partial charge in [-0.15, -0.1) is 0 Å². The summed E-state index contributed by atoms with van der Waals surface area (Å²) in [5.41, 5.74) is 5.12. The number of aliphatic carboxylic acids is 4. The van der Waals surface area contributed by atoms with E-state index in [-0.39, 0.29) is 32.2 Å². The van der Waals surface area contributed by atoms with Crippen molar-refractivity contribution in [2.45, 2.75) is 45.6 Å². The summed E-state index contributed by atoms with van der Waals surface area (Å²) in [5.74, 6) is -21.2. The van der Waals surface area contributed by atoms with Gasteiger partial charge in [0.1, 0.15) is 59.0 Å². The van der Waals surface area contributed by atoms with Gasteiger partial charge in [-0.3, -0.25) is 105 Å². The number of esters is 2. The van der Waals surface area contributed by atoms with Crippen LogP contribution >= 0.6 is 7.82 Å². The van der Waals surface area contributed by atoms with Crippen LogP contribution in [0.1, 0.15) is 39.5 Å².